The molecule has 0 atom stereocenters. The van der Waals surface area contributed by atoms with Gasteiger partial charge in [0.15, 0.2) is 0 Å². The van der Waals surface area contributed by atoms with Crippen molar-refractivity contribution in [3.8, 4) is 0 Å². The van der Waals surface area contributed by atoms with Gasteiger partial charge in [0.2, 0.25) is 0 Å². The number of amides is 1. The summed E-state index contributed by atoms with van der Waals surface area (Å²) >= 11 is 3.07. The van der Waals surface area contributed by atoms with E-state index in [0.717, 1.165) is 11.6 Å². The first kappa shape index (κ1) is 17.3. The third kappa shape index (κ3) is 5.28. The third-order valence-corrected chi connectivity index (χ3v) is 3.36. The van der Waals surface area contributed by atoms with Gasteiger partial charge in [-0.1, -0.05) is 46.3 Å². The van der Waals surface area contributed by atoms with Gasteiger partial charge in [-0.15, -0.1) is 0 Å². The molecule has 1 amide bonds. The molecule has 0 aliphatic carbocycles. The minimum absolute atomic E-state index is 0.00441. The number of alkyl halides is 2. The minimum Gasteiger partial charge on any atom is -0.444 e. The van der Waals surface area contributed by atoms with Crippen molar-refractivity contribution in [1.29, 1.82) is 0 Å². The van der Waals surface area contributed by atoms with Gasteiger partial charge in [0, 0.05) is 4.47 Å². The Morgan fingerprint density at radius 1 is 1.17 bits per heavy atom. The Hall–Kier alpha value is -2.02. The molecule has 2 aromatic rings. The molecule has 0 bridgehead atoms. The number of ether oxygens (including phenoxy) is 1. The molecule has 3 nitrogen and oxygen atoms in total. The summed E-state index contributed by atoms with van der Waals surface area (Å²) in [5.74, 6) is -0.649. The average Bonchev–Trinajstić information content (AvgIpc) is 2.50. The molecule has 0 aliphatic heterocycles. The summed E-state index contributed by atoms with van der Waals surface area (Å²) < 4.78 is 44.3. The first-order valence-corrected chi connectivity index (χ1v) is 7.47. The van der Waals surface area contributed by atoms with E-state index in [2.05, 4.69) is 15.9 Å². The number of nitrogens with zero attached hydrogens (tertiary/aromatic N) is 1. The zero-order valence-corrected chi connectivity index (χ0v) is 13.5. The van der Waals surface area contributed by atoms with Crippen molar-refractivity contribution in [3.05, 3.63) is 64.4 Å². The van der Waals surface area contributed by atoms with Crippen LogP contribution < -0.4 is 4.90 Å². The van der Waals surface area contributed by atoms with E-state index in [1.807, 2.05) is 0 Å². The van der Waals surface area contributed by atoms with Gasteiger partial charge in [0.1, 0.15) is 12.4 Å². The van der Waals surface area contributed by atoms with Gasteiger partial charge in [-0.05, 0) is 23.8 Å². The number of halogens is 4. The second kappa shape index (κ2) is 8.01. The monoisotopic (exact) mass is 387 g/mol. The molecule has 0 saturated heterocycles. The maximum Gasteiger partial charge on any atom is 0.414 e. The van der Waals surface area contributed by atoms with Crippen molar-refractivity contribution in [2.24, 2.45) is 0 Å². The zero-order valence-electron chi connectivity index (χ0n) is 11.9. The van der Waals surface area contributed by atoms with Crippen LogP contribution in [0.3, 0.4) is 0 Å². The molecule has 0 aliphatic rings. The molecule has 0 N–H and O–H groups in total. The second-order valence-corrected chi connectivity index (χ2v) is 5.59. The Bertz CT molecular complexity index is 647. The van der Waals surface area contributed by atoms with Crippen LogP contribution in [0.5, 0.6) is 0 Å². The van der Waals surface area contributed by atoms with Crippen LogP contribution in [0.2, 0.25) is 0 Å². The van der Waals surface area contributed by atoms with E-state index in [0.29, 0.717) is 9.37 Å². The molecule has 0 saturated carbocycles. The van der Waals surface area contributed by atoms with Gasteiger partial charge in [-0.3, -0.25) is 4.90 Å². The topological polar surface area (TPSA) is 29.5 Å². The fourth-order valence-corrected chi connectivity index (χ4v) is 2.37. The zero-order chi connectivity index (χ0) is 16.8. The van der Waals surface area contributed by atoms with E-state index in [4.69, 9.17) is 4.74 Å². The Kier molecular flexibility index (Phi) is 6.04. The highest BCUT2D eigenvalue weighted by molar-refractivity contribution is 9.10. The highest BCUT2D eigenvalue weighted by Crippen LogP contribution is 2.24. The molecule has 0 spiro atoms. The summed E-state index contributed by atoms with van der Waals surface area (Å²) in [6.45, 7) is -0.945. The van der Waals surface area contributed by atoms with Crippen molar-refractivity contribution in [2.45, 2.75) is 13.0 Å². The van der Waals surface area contributed by atoms with Crippen LogP contribution in [0.25, 0.3) is 0 Å². The van der Waals surface area contributed by atoms with E-state index >= 15 is 0 Å². The summed E-state index contributed by atoms with van der Waals surface area (Å²) in [4.78, 5) is 12.8. The Labute approximate surface area is 139 Å². The highest BCUT2D eigenvalue weighted by Gasteiger charge is 2.22. The van der Waals surface area contributed by atoms with E-state index in [-0.39, 0.29) is 12.3 Å². The normalized spacial score (nSPS) is 10.7. The fourth-order valence-electron chi connectivity index (χ4n) is 1.92. The minimum atomic E-state index is -2.78. The van der Waals surface area contributed by atoms with Gasteiger partial charge in [0.25, 0.3) is 6.43 Å². The van der Waals surface area contributed by atoms with Gasteiger partial charge in [-0.2, -0.15) is 0 Å². The van der Waals surface area contributed by atoms with Gasteiger partial charge in [0.05, 0.1) is 12.2 Å². The lowest BCUT2D eigenvalue weighted by atomic mass is 10.2. The fraction of sp³-hybridized carbons (Fsp3) is 0.188. The number of anilines is 1. The molecular weight excluding hydrogens is 375 g/mol. The lowest BCUT2D eigenvalue weighted by Crippen LogP contribution is -2.35. The van der Waals surface area contributed by atoms with Crippen molar-refractivity contribution in [2.75, 3.05) is 11.4 Å². The Balaban J connectivity index is 2.15. The highest BCUT2D eigenvalue weighted by atomic mass is 79.9. The van der Waals surface area contributed by atoms with Crippen LogP contribution in [0.1, 0.15) is 5.56 Å². The molecule has 0 radical (unpaired) electrons. The number of rotatable bonds is 5. The van der Waals surface area contributed by atoms with Crippen molar-refractivity contribution in [3.63, 3.8) is 0 Å². The number of benzene rings is 2. The summed E-state index contributed by atoms with van der Waals surface area (Å²) in [6.07, 6.45) is -3.74. The molecule has 2 aromatic carbocycles. The SMILES string of the molecule is O=C(OCc1ccccc1)N(CC(F)F)c1cc(F)cc(Br)c1. The maximum absolute atomic E-state index is 13.4. The molecule has 0 unspecified atom stereocenters. The molecule has 7 heteroatoms. The quantitative estimate of drug-likeness (QED) is 0.722. The largest absolute Gasteiger partial charge is 0.444 e. The van der Waals surface area contributed by atoms with Crippen molar-refractivity contribution < 1.29 is 22.7 Å². The van der Waals surface area contributed by atoms with Crippen LogP contribution in [-0.2, 0) is 11.3 Å². The summed E-state index contributed by atoms with van der Waals surface area (Å²) in [7, 11) is 0. The van der Waals surface area contributed by atoms with Crippen LogP contribution in [-0.4, -0.2) is 19.1 Å². The van der Waals surface area contributed by atoms with E-state index in [9.17, 15) is 18.0 Å². The summed E-state index contributed by atoms with van der Waals surface area (Å²) in [5.41, 5.74) is 0.716. The van der Waals surface area contributed by atoms with Crippen molar-refractivity contribution >= 4 is 27.7 Å². The second-order valence-electron chi connectivity index (χ2n) is 4.67. The molecule has 0 aromatic heterocycles. The number of hydrogen-bond donors (Lipinski definition) is 0. The number of carbonyl (C=O) groups is 1. The van der Waals surface area contributed by atoms with Crippen LogP contribution in [0, 0.1) is 5.82 Å². The van der Waals surface area contributed by atoms with Crippen LogP contribution in [0.15, 0.2) is 53.0 Å². The number of hydrogen-bond acceptors (Lipinski definition) is 2. The van der Waals surface area contributed by atoms with Crippen LogP contribution >= 0.6 is 15.9 Å². The summed E-state index contributed by atoms with van der Waals surface area (Å²) in [5, 5.41) is 0. The van der Waals surface area contributed by atoms with E-state index in [1.165, 1.54) is 12.1 Å². The lowest BCUT2D eigenvalue weighted by molar-refractivity contribution is 0.128. The smallest absolute Gasteiger partial charge is 0.414 e. The molecule has 0 heterocycles. The molecule has 2 rings (SSSR count). The van der Waals surface area contributed by atoms with Gasteiger partial charge >= 0.3 is 6.09 Å². The third-order valence-electron chi connectivity index (χ3n) is 2.91. The average molecular weight is 388 g/mol. The Morgan fingerprint density at radius 3 is 2.48 bits per heavy atom. The van der Waals surface area contributed by atoms with Crippen molar-refractivity contribution in [1.82, 2.24) is 0 Å². The number of carbonyl (C=O) groups excluding carboxylic acids is 1. The molecule has 122 valence electrons. The first-order chi connectivity index (χ1) is 11.0. The first-order valence-electron chi connectivity index (χ1n) is 6.68. The lowest BCUT2D eigenvalue weighted by Gasteiger charge is -2.22. The predicted octanol–water partition coefficient (Wildman–Crippen LogP) is 5.00. The van der Waals surface area contributed by atoms with E-state index in [1.54, 1.807) is 30.3 Å². The van der Waals surface area contributed by atoms with E-state index < -0.39 is 24.9 Å². The molecular formula is C16H13BrF3NO2. The van der Waals surface area contributed by atoms with Gasteiger partial charge < -0.3 is 4.74 Å². The summed E-state index contributed by atoms with van der Waals surface area (Å²) in [6, 6.07) is 12.4. The predicted molar refractivity (Wildman–Crippen MR) is 84.1 cm³/mol. The Morgan fingerprint density at radius 2 is 1.87 bits per heavy atom. The van der Waals surface area contributed by atoms with Gasteiger partial charge in [-0.25, -0.2) is 18.0 Å². The standard InChI is InChI=1S/C16H13BrF3NO2/c17-12-6-13(18)8-14(7-12)21(9-15(19)20)16(22)23-10-11-4-2-1-3-5-11/h1-8,15H,9-10H2. The van der Waals surface area contributed by atoms with Crippen LogP contribution in [0.4, 0.5) is 23.7 Å². The maximum atomic E-state index is 13.4. The molecule has 23 heavy (non-hydrogen) atoms. The molecule has 0 fully saturated rings.